The minimum Gasteiger partial charge on any atom is -0.299 e. The monoisotopic (exact) mass is 182 g/mol. The third-order valence-corrected chi connectivity index (χ3v) is 1.47. The Balaban J connectivity index is 3.90. The van der Waals surface area contributed by atoms with Crippen molar-refractivity contribution >= 4 is 5.78 Å². The van der Waals surface area contributed by atoms with E-state index in [-0.39, 0.29) is 5.78 Å². The van der Waals surface area contributed by atoms with Crippen LogP contribution in [0.3, 0.4) is 0 Å². The van der Waals surface area contributed by atoms with Gasteiger partial charge in [0.25, 0.3) is 0 Å². The van der Waals surface area contributed by atoms with Crippen LogP contribution in [0.15, 0.2) is 0 Å². The van der Waals surface area contributed by atoms with Crippen LogP contribution in [-0.2, 0) is 4.79 Å². The molecule has 12 heavy (non-hydrogen) atoms. The molecule has 4 heteroatoms. The number of carbonyl (C=O) groups excluding carboxylic acids is 1. The Labute approximate surface area is 70.0 Å². The van der Waals surface area contributed by atoms with Gasteiger partial charge in [-0.1, -0.05) is 20.8 Å². The van der Waals surface area contributed by atoms with Crippen LogP contribution in [0, 0.1) is 5.41 Å². The van der Waals surface area contributed by atoms with Gasteiger partial charge in [0.15, 0.2) is 0 Å². The molecule has 0 aliphatic carbocycles. The summed E-state index contributed by atoms with van der Waals surface area (Å²) in [4.78, 5) is 11.0. The number of halogens is 3. The summed E-state index contributed by atoms with van der Waals surface area (Å²) >= 11 is 0. The minimum absolute atomic E-state index is 0.347. The topological polar surface area (TPSA) is 17.1 Å². The van der Waals surface area contributed by atoms with Gasteiger partial charge in [-0.05, 0) is 0 Å². The number of rotatable bonds is 2. The number of alkyl halides is 3. The number of carbonyl (C=O) groups is 1. The van der Waals surface area contributed by atoms with Crippen LogP contribution in [0.2, 0.25) is 0 Å². The highest BCUT2D eigenvalue weighted by Crippen LogP contribution is 2.25. The van der Waals surface area contributed by atoms with Gasteiger partial charge >= 0.3 is 6.18 Å². The largest absolute Gasteiger partial charge is 0.389 e. The van der Waals surface area contributed by atoms with Crippen molar-refractivity contribution in [1.82, 2.24) is 0 Å². The number of ketones is 1. The Morgan fingerprint density at radius 3 is 1.83 bits per heavy atom. The molecule has 1 nitrogen and oxygen atoms in total. The summed E-state index contributed by atoms with van der Waals surface area (Å²) in [6.07, 6.45) is -5.64. The van der Waals surface area contributed by atoms with Crippen LogP contribution in [0.4, 0.5) is 13.2 Å². The van der Waals surface area contributed by atoms with Gasteiger partial charge in [0.2, 0.25) is 0 Å². The molecule has 0 aromatic rings. The minimum atomic E-state index is -4.22. The lowest BCUT2D eigenvalue weighted by molar-refractivity contribution is -0.146. The molecule has 0 spiro atoms. The molecule has 0 N–H and O–H groups in total. The molecule has 0 bridgehead atoms. The molecule has 0 aliphatic rings. The average molecular weight is 182 g/mol. The number of hydrogen-bond donors (Lipinski definition) is 0. The lowest BCUT2D eigenvalue weighted by atomic mass is 9.88. The van der Waals surface area contributed by atoms with E-state index in [0.29, 0.717) is 0 Å². The molecule has 0 amide bonds. The summed E-state index contributed by atoms with van der Waals surface area (Å²) in [7, 11) is 0. The number of hydrogen-bond acceptors (Lipinski definition) is 1. The second-order valence-corrected chi connectivity index (χ2v) is 3.79. The molecule has 0 aromatic carbocycles. The van der Waals surface area contributed by atoms with Crippen molar-refractivity contribution in [3.05, 3.63) is 0 Å². The van der Waals surface area contributed by atoms with E-state index in [1.165, 1.54) is 0 Å². The molecule has 0 rings (SSSR count). The Hall–Kier alpha value is -0.540. The van der Waals surface area contributed by atoms with E-state index < -0.39 is 24.4 Å². The molecule has 0 unspecified atom stereocenters. The molecule has 0 radical (unpaired) electrons. The summed E-state index contributed by atoms with van der Waals surface area (Å²) in [6, 6.07) is 0. The fraction of sp³-hybridized carbons (Fsp3) is 0.875. The second-order valence-electron chi connectivity index (χ2n) is 3.79. The highest BCUT2D eigenvalue weighted by atomic mass is 19.4. The second kappa shape index (κ2) is 3.46. The summed E-state index contributed by atoms with van der Waals surface area (Å²) in [5.41, 5.74) is -0.661. The lowest BCUT2D eigenvalue weighted by Gasteiger charge is -2.16. The zero-order valence-electron chi connectivity index (χ0n) is 7.46. The molecule has 0 fully saturated rings. The third-order valence-electron chi connectivity index (χ3n) is 1.47. The van der Waals surface area contributed by atoms with Gasteiger partial charge in [-0.2, -0.15) is 13.2 Å². The van der Waals surface area contributed by atoms with Gasteiger partial charge in [-0.3, -0.25) is 4.79 Å². The molecule has 0 aliphatic heterocycles. The molecule has 0 heterocycles. The maximum atomic E-state index is 11.7. The SMILES string of the molecule is CC(C)(C)C(=O)CCC(F)(F)F. The fourth-order valence-corrected chi connectivity index (χ4v) is 0.630. The third kappa shape index (κ3) is 5.16. The Bertz CT molecular complexity index is 164. The predicted octanol–water partition coefficient (Wildman–Crippen LogP) is 2.94. The van der Waals surface area contributed by atoms with Crippen molar-refractivity contribution in [3.63, 3.8) is 0 Å². The highest BCUT2D eigenvalue weighted by Gasteiger charge is 2.30. The van der Waals surface area contributed by atoms with Crippen LogP contribution in [0.5, 0.6) is 0 Å². The first-order valence-corrected chi connectivity index (χ1v) is 3.73. The maximum Gasteiger partial charge on any atom is 0.389 e. The fourth-order valence-electron chi connectivity index (χ4n) is 0.630. The molecule has 0 saturated carbocycles. The van der Waals surface area contributed by atoms with Crippen LogP contribution in [0.25, 0.3) is 0 Å². The van der Waals surface area contributed by atoms with Gasteiger partial charge in [0.1, 0.15) is 5.78 Å². The molecular weight excluding hydrogens is 169 g/mol. The Kier molecular flexibility index (Phi) is 3.30. The van der Waals surface area contributed by atoms with Crippen LogP contribution < -0.4 is 0 Å². The van der Waals surface area contributed by atoms with Crippen molar-refractivity contribution in [2.24, 2.45) is 5.41 Å². The van der Waals surface area contributed by atoms with E-state index in [2.05, 4.69) is 0 Å². The van der Waals surface area contributed by atoms with Crippen LogP contribution in [0.1, 0.15) is 33.6 Å². The Morgan fingerprint density at radius 2 is 1.58 bits per heavy atom. The zero-order valence-corrected chi connectivity index (χ0v) is 7.46. The summed E-state index contributed by atoms with van der Waals surface area (Å²) in [5.74, 6) is -0.347. The van der Waals surface area contributed by atoms with E-state index in [1.54, 1.807) is 20.8 Å². The van der Waals surface area contributed by atoms with E-state index in [9.17, 15) is 18.0 Å². The quantitative estimate of drug-likeness (QED) is 0.641. The first kappa shape index (κ1) is 11.5. The number of Topliss-reactive ketones (excluding diaryl/α,β-unsaturated/α-hetero) is 1. The van der Waals surface area contributed by atoms with E-state index >= 15 is 0 Å². The van der Waals surface area contributed by atoms with Crippen molar-refractivity contribution in [2.75, 3.05) is 0 Å². The average Bonchev–Trinajstić information content (AvgIpc) is 1.78. The van der Waals surface area contributed by atoms with Gasteiger partial charge in [-0.25, -0.2) is 0 Å². The molecule has 72 valence electrons. The predicted molar refractivity (Wildman–Crippen MR) is 39.8 cm³/mol. The van der Waals surface area contributed by atoms with Crippen molar-refractivity contribution < 1.29 is 18.0 Å². The molecule has 0 saturated heterocycles. The van der Waals surface area contributed by atoms with E-state index in [0.717, 1.165) is 0 Å². The van der Waals surface area contributed by atoms with Gasteiger partial charge in [0, 0.05) is 11.8 Å². The zero-order chi connectivity index (χ0) is 9.99. The maximum absolute atomic E-state index is 11.7. The Morgan fingerprint density at radius 1 is 1.17 bits per heavy atom. The first-order chi connectivity index (χ1) is 5.13. The standard InChI is InChI=1S/C8H13F3O/c1-7(2,3)6(12)4-5-8(9,10)11/h4-5H2,1-3H3. The van der Waals surface area contributed by atoms with Gasteiger partial charge in [-0.15, -0.1) is 0 Å². The van der Waals surface area contributed by atoms with Crippen molar-refractivity contribution in [1.29, 1.82) is 0 Å². The highest BCUT2D eigenvalue weighted by molar-refractivity contribution is 5.83. The van der Waals surface area contributed by atoms with Crippen LogP contribution in [-0.4, -0.2) is 12.0 Å². The summed E-state index contributed by atoms with van der Waals surface area (Å²) in [6.45, 7) is 4.85. The smallest absolute Gasteiger partial charge is 0.299 e. The van der Waals surface area contributed by atoms with E-state index in [1.807, 2.05) is 0 Å². The molecule has 0 atom stereocenters. The summed E-state index contributed by atoms with van der Waals surface area (Å²) in [5, 5.41) is 0. The lowest BCUT2D eigenvalue weighted by Crippen LogP contribution is -2.22. The summed E-state index contributed by atoms with van der Waals surface area (Å²) < 4.78 is 35.0. The first-order valence-electron chi connectivity index (χ1n) is 3.73. The van der Waals surface area contributed by atoms with Crippen molar-refractivity contribution in [2.45, 2.75) is 39.8 Å². The van der Waals surface area contributed by atoms with Crippen molar-refractivity contribution in [3.8, 4) is 0 Å². The molecular formula is C8H13F3O. The van der Waals surface area contributed by atoms with Gasteiger partial charge < -0.3 is 0 Å². The normalized spacial score (nSPS) is 13.2. The molecule has 0 aromatic heterocycles. The van der Waals surface area contributed by atoms with E-state index in [4.69, 9.17) is 0 Å². The van der Waals surface area contributed by atoms with Crippen LogP contribution >= 0.6 is 0 Å². The van der Waals surface area contributed by atoms with Gasteiger partial charge in [0.05, 0.1) is 6.42 Å².